The Kier molecular flexibility index (Phi) is 6.51. The van der Waals surface area contributed by atoms with Gasteiger partial charge in [0.1, 0.15) is 11.8 Å². The molecule has 0 bridgehead atoms. The van der Waals surface area contributed by atoms with E-state index in [0.29, 0.717) is 22.6 Å². The SMILES string of the molecule is COC(C)(C)O.COCC1CCC(n2cnc3c(Cl)ncnc32)C1. The largest absolute Gasteiger partial charge is 0.384 e. The number of nitrogens with zero attached hydrogens (tertiary/aromatic N) is 4. The Morgan fingerprint density at radius 1 is 1.29 bits per heavy atom. The second-order valence-corrected chi connectivity index (χ2v) is 6.79. The molecule has 2 aromatic rings. The van der Waals surface area contributed by atoms with Crippen molar-refractivity contribution in [3.05, 3.63) is 17.8 Å². The van der Waals surface area contributed by atoms with Gasteiger partial charge in [-0.15, -0.1) is 0 Å². The first-order valence-corrected chi connectivity index (χ1v) is 8.33. The summed E-state index contributed by atoms with van der Waals surface area (Å²) in [6.07, 6.45) is 6.76. The highest BCUT2D eigenvalue weighted by Gasteiger charge is 2.27. The van der Waals surface area contributed by atoms with Crippen LogP contribution in [0.5, 0.6) is 0 Å². The molecule has 2 aromatic heterocycles. The Bertz CT molecular complexity index is 656. The topological polar surface area (TPSA) is 82.3 Å². The molecule has 7 nitrogen and oxygen atoms in total. The van der Waals surface area contributed by atoms with Gasteiger partial charge in [0.2, 0.25) is 0 Å². The highest BCUT2D eigenvalue weighted by Crippen LogP contribution is 2.36. The molecule has 1 aliphatic carbocycles. The Hall–Kier alpha value is -1.28. The van der Waals surface area contributed by atoms with Crippen molar-refractivity contribution in [3.63, 3.8) is 0 Å². The molecule has 3 rings (SSSR count). The van der Waals surface area contributed by atoms with Gasteiger partial charge in [0.25, 0.3) is 0 Å². The fourth-order valence-corrected chi connectivity index (χ4v) is 2.96. The molecule has 0 saturated heterocycles. The van der Waals surface area contributed by atoms with E-state index in [1.807, 2.05) is 6.33 Å². The van der Waals surface area contributed by atoms with Crippen LogP contribution in [0, 0.1) is 5.92 Å². The molecule has 0 amide bonds. The second kappa shape index (κ2) is 8.20. The molecule has 0 spiro atoms. The summed E-state index contributed by atoms with van der Waals surface area (Å²) in [6, 6.07) is 0.445. The molecule has 1 saturated carbocycles. The van der Waals surface area contributed by atoms with Crippen LogP contribution in [0.25, 0.3) is 11.2 Å². The van der Waals surface area contributed by atoms with E-state index in [1.54, 1.807) is 21.0 Å². The van der Waals surface area contributed by atoms with E-state index in [1.165, 1.54) is 19.9 Å². The normalized spacial score (nSPS) is 20.9. The summed E-state index contributed by atoms with van der Waals surface area (Å²) in [6.45, 7) is 3.98. The van der Waals surface area contributed by atoms with E-state index in [-0.39, 0.29) is 0 Å². The van der Waals surface area contributed by atoms with Crippen molar-refractivity contribution in [2.24, 2.45) is 5.92 Å². The molecule has 24 heavy (non-hydrogen) atoms. The molecule has 8 heteroatoms. The van der Waals surface area contributed by atoms with Gasteiger partial charge in [0.15, 0.2) is 16.6 Å². The number of methoxy groups -OCH3 is 2. The van der Waals surface area contributed by atoms with Crippen molar-refractivity contribution >= 4 is 22.8 Å². The van der Waals surface area contributed by atoms with E-state index >= 15 is 0 Å². The molecule has 1 fully saturated rings. The van der Waals surface area contributed by atoms with Crippen LogP contribution in [-0.2, 0) is 9.47 Å². The van der Waals surface area contributed by atoms with Crippen LogP contribution in [0.15, 0.2) is 12.7 Å². The fraction of sp³-hybridized carbons (Fsp3) is 0.688. The third kappa shape index (κ3) is 4.86. The van der Waals surface area contributed by atoms with E-state index in [2.05, 4.69) is 24.3 Å². The minimum Gasteiger partial charge on any atom is -0.384 e. The van der Waals surface area contributed by atoms with Crippen molar-refractivity contribution in [1.29, 1.82) is 0 Å². The minimum atomic E-state index is -0.958. The number of hydrogen-bond donors (Lipinski definition) is 1. The fourth-order valence-electron chi connectivity index (χ4n) is 2.78. The third-order valence-corrected chi connectivity index (χ3v) is 4.40. The van der Waals surface area contributed by atoms with Crippen LogP contribution in [-0.4, -0.2) is 51.2 Å². The third-order valence-electron chi connectivity index (χ3n) is 4.12. The molecular weight excluding hydrogens is 332 g/mol. The van der Waals surface area contributed by atoms with E-state index < -0.39 is 5.79 Å². The summed E-state index contributed by atoms with van der Waals surface area (Å²) in [5.41, 5.74) is 1.52. The van der Waals surface area contributed by atoms with Gasteiger partial charge < -0.3 is 19.1 Å². The van der Waals surface area contributed by atoms with Crippen LogP contribution >= 0.6 is 11.6 Å². The molecule has 0 radical (unpaired) electrons. The Labute approximate surface area is 147 Å². The number of ether oxygens (including phenoxy) is 2. The van der Waals surface area contributed by atoms with Gasteiger partial charge in [-0.05, 0) is 39.0 Å². The monoisotopic (exact) mass is 356 g/mol. The summed E-state index contributed by atoms with van der Waals surface area (Å²) >= 11 is 6.01. The van der Waals surface area contributed by atoms with E-state index in [0.717, 1.165) is 25.1 Å². The summed E-state index contributed by atoms with van der Waals surface area (Å²) < 4.78 is 11.8. The van der Waals surface area contributed by atoms with Crippen molar-refractivity contribution in [2.75, 3.05) is 20.8 Å². The average Bonchev–Trinajstić information content (AvgIpc) is 3.15. The molecule has 1 aliphatic rings. The standard InChI is InChI=1S/C12H15ClN4O.C4H10O2/c1-18-5-8-2-3-9(4-8)17-7-16-10-11(13)14-6-15-12(10)17;1-4(2,5)6-3/h6-9H,2-5H2,1H3;5H,1-3H3. The van der Waals surface area contributed by atoms with E-state index in [4.69, 9.17) is 21.4 Å². The molecule has 2 heterocycles. The lowest BCUT2D eigenvalue weighted by Crippen LogP contribution is -2.20. The van der Waals surface area contributed by atoms with Gasteiger partial charge in [-0.2, -0.15) is 0 Å². The maximum atomic E-state index is 8.60. The van der Waals surface area contributed by atoms with Crippen LogP contribution in [0.1, 0.15) is 39.2 Å². The molecule has 1 N–H and O–H groups in total. The first-order chi connectivity index (χ1) is 11.4. The van der Waals surface area contributed by atoms with Crippen molar-refractivity contribution in [1.82, 2.24) is 19.5 Å². The summed E-state index contributed by atoms with van der Waals surface area (Å²) in [4.78, 5) is 12.5. The quantitative estimate of drug-likeness (QED) is 0.670. The molecular formula is C16H25ClN4O3. The first-order valence-electron chi connectivity index (χ1n) is 7.95. The number of aliphatic hydroxyl groups is 1. The first kappa shape index (κ1) is 19.1. The van der Waals surface area contributed by atoms with Crippen LogP contribution in [0.4, 0.5) is 0 Å². The molecule has 2 unspecified atom stereocenters. The summed E-state index contributed by atoms with van der Waals surface area (Å²) in [5, 5.41) is 9.03. The molecule has 0 aliphatic heterocycles. The van der Waals surface area contributed by atoms with Crippen LogP contribution < -0.4 is 0 Å². The lowest BCUT2D eigenvalue weighted by atomic mass is 10.1. The number of hydrogen-bond acceptors (Lipinski definition) is 6. The zero-order chi connectivity index (χ0) is 17.7. The predicted octanol–water partition coefficient (Wildman–Crippen LogP) is 2.83. The van der Waals surface area contributed by atoms with Crippen molar-refractivity contribution in [2.45, 2.75) is 44.9 Å². The molecule has 0 aromatic carbocycles. The number of rotatable bonds is 4. The van der Waals surface area contributed by atoms with Crippen LogP contribution in [0.2, 0.25) is 5.15 Å². The Balaban J connectivity index is 0.000000301. The highest BCUT2D eigenvalue weighted by molar-refractivity contribution is 6.33. The van der Waals surface area contributed by atoms with Gasteiger partial charge in [-0.1, -0.05) is 11.6 Å². The maximum Gasteiger partial charge on any atom is 0.165 e. The molecule has 134 valence electrons. The van der Waals surface area contributed by atoms with Gasteiger partial charge in [-0.3, -0.25) is 0 Å². The Morgan fingerprint density at radius 3 is 2.62 bits per heavy atom. The van der Waals surface area contributed by atoms with Gasteiger partial charge in [0, 0.05) is 26.9 Å². The van der Waals surface area contributed by atoms with Crippen molar-refractivity contribution in [3.8, 4) is 0 Å². The average molecular weight is 357 g/mol. The number of imidazole rings is 1. The smallest absolute Gasteiger partial charge is 0.165 e. The summed E-state index contributed by atoms with van der Waals surface area (Å²) in [7, 11) is 3.22. The Morgan fingerprint density at radius 2 is 2.00 bits per heavy atom. The van der Waals surface area contributed by atoms with Crippen LogP contribution in [0.3, 0.4) is 0 Å². The number of fused-ring (bicyclic) bond motifs is 1. The van der Waals surface area contributed by atoms with Gasteiger partial charge >= 0.3 is 0 Å². The van der Waals surface area contributed by atoms with Gasteiger partial charge in [0.05, 0.1) is 6.33 Å². The second-order valence-electron chi connectivity index (χ2n) is 6.43. The van der Waals surface area contributed by atoms with E-state index in [9.17, 15) is 0 Å². The zero-order valence-corrected chi connectivity index (χ0v) is 15.3. The van der Waals surface area contributed by atoms with Crippen molar-refractivity contribution < 1.29 is 14.6 Å². The molecule has 2 atom stereocenters. The lowest BCUT2D eigenvalue weighted by Gasteiger charge is -2.12. The minimum absolute atomic E-state index is 0.421. The highest BCUT2D eigenvalue weighted by atomic mass is 35.5. The zero-order valence-electron chi connectivity index (χ0n) is 14.6. The number of halogens is 1. The maximum absolute atomic E-state index is 8.60. The predicted molar refractivity (Wildman–Crippen MR) is 91.9 cm³/mol. The summed E-state index contributed by atoms with van der Waals surface area (Å²) in [5.74, 6) is -0.324. The lowest BCUT2D eigenvalue weighted by molar-refractivity contribution is -0.155. The number of aromatic nitrogens is 4. The van der Waals surface area contributed by atoms with Gasteiger partial charge in [-0.25, -0.2) is 15.0 Å².